The lowest BCUT2D eigenvalue weighted by Crippen LogP contribution is -2.30. The fourth-order valence-electron chi connectivity index (χ4n) is 7.23. The Kier molecular flexibility index (Phi) is 48.9. The van der Waals surface area contributed by atoms with E-state index in [-0.39, 0.29) is 31.1 Å². The van der Waals surface area contributed by atoms with E-state index < -0.39 is 6.10 Å². The molecule has 362 valence electrons. The first-order chi connectivity index (χ1) is 31.0. The van der Waals surface area contributed by atoms with Gasteiger partial charge in [-0.05, 0) is 89.9 Å². The van der Waals surface area contributed by atoms with Crippen LogP contribution in [0.4, 0.5) is 0 Å². The van der Waals surface area contributed by atoms with E-state index >= 15 is 0 Å². The Morgan fingerprint density at radius 1 is 0.333 bits per heavy atom. The van der Waals surface area contributed by atoms with E-state index in [0.717, 1.165) is 103 Å². The summed E-state index contributed by atoms with van der Waals surface area (Å²) in [7, 11) is 0. The van der Waals surface area contributed by atoms with E-state index in [1.54, 1.807) is 0 Å². The smallest absolute Gasteiger partial charge is 0.306 e. The quantitative estimate of drug-likeness (QED) is 0.0262. The molecular formula is C57H98O6. The fourth-order valence-corrected chi connectivity index (χ4v) is 7.23. The summed E-state index contributed by atoms with van der Waals surface area (Å²) in [5, 5.41) is 0. The molecule has 1 unspecified atom stereocenters. The summed E-state index contributed by atoms with van der Waals surface area (Å²) in [6, 6.07) is 0. The summed E-state index contributed by atoms with van der Waals surface area (Å²) in [5.41, 5.74) is 0. The minimum absolute atomic E-state index is 0.0803. The summed E-state index contributed by atoms with van der Waals surface area (Å²) in [4.78, 5) is 37.7. The molecule has 0 spiro atoms. The van der Waals surface area contributed by atoms with E-state index in [4.69, 9.17) is 14.2 Å². The van der Waals surface area contributed by atoms with Crippen molar-refractivity contribution in [3.8, 4) is 0 Å². The van der Waals surface area contributed by atoms with Crippen molar-refractivity contribution in [1.29, 1.82) is 0 Å². The van der Waals surface area contributed by atoms with Crippen LogP contribution in [0.5, 0.6) is 0 Å². The first-order valence-corrected chi connectivity index (χ1v) is 26.4. The molecule has 0 bridgehead atoms. The molecule has 0 heterocycles. The third-order valence-electron chi connectivity index (χ3n) is 11.2. The van der Waals surface area contributed by atoms with E-state index in [1.165, 1.54) is 109 Å². The van der Waals surface area contributed by atoms with Gasteiger partial charge in [-0.25, -0.2) is 0 Å². The molecule has 0 rings (SSSR count). The Hall–Kier alpha value is -3.15. The summed E-state index contributed by atoms with van der Waals surface area (Å²) in [6.45, 7) is 6.41. The molecule has 0 aliphatic rings. The number of ether oxygens (including phenoxy) is 3. The van der Waals surface area contributed by atoms with Crippen LogP contribution in [0, 0.1) is 0 Å². The number of carbonyl (C=O) groups is 3. The van der Waals surface area contributed by atoms with Crippen molar-refractivity contribution in [2.45, 2.75) is 258 Å². The van der Waals surface area contributed by atoms with Crippen molar-refractivity contribution in [3.05, 3.63) is 72.9 Å². The van der Waals surface area contributed by atoms with Crippen LogP contribution >= 0.6 is 0 Å². The molecule has 0 aliphatic carbocycles. The minimum Gasteiger partial charge on any atom is -0.462 e. The zero-order valence-electron chi connectivity index (χ0n) is 41.3. The van der Waals surface area contributed by atoms with Gasteiger partial charge in [0.25, 0.3) is 0 Å². The van der Waals surface area contributed by atoms with Crippen LogP contribution in [0.1, 0.15) is 252 Å². The molecule has 0 saturated carbocycles. The molecule has 1 atom stereocenters. The Balaban J connectivity index is 4.14. The predicted octanol–water partition coefficient (Wildman–Crippen LogP) is 17.4. The topological polar surface area (TPSA) is 78.9 Å². The number of hydrogen-bond acceptors (Lipinski definition) is 6. The highest BCUT2D eigenvalue weighted by Crippen LogP contribution is 2.15. The number of rotatable bonds is 47. The Labute approximate surface area is 389 Å². The van der Waals surface area contributed by atoms with Crippen molar-refractivity contribution in [2.75, 3.05) is 13.2 Å². The number of hydrogen-bond donors (Lipinski definition) is 0. The number of allylic oxidation sites excluding steroid dienone is 12. The first-order valence-electron chi connectivity index (χ1n) is 26.4. The molecule has 0 aromatic carbocycles. The lowest BCUT2D eigenvalue weighted by Gasteiger charge is -2.18. The van der Waals surface area contributed by atoms with E-state index in [9.17, 15) is 14.4 Å². The molecule has 6 heteroatoms. The van der Waals surface area contributed by atoms with Gasteiger partial charge in [0, 0.05) is 19.3 Å². The van der Waals surface area contributed by atoms with Crippen LogP contribution in [-0.4, -0.2) is 37.2 Å². The Morgan fingerprint density at radius 3 is 1.00 bits per heavy atom. The fraction of sp³-hybridized carbons (Fsp3) is 0.737. The third-order valence-corrected chi connectivity index (χ3v) is 11.2. The lowest BCUT2D eigenvalue weighted by atomic mass is 10.1. The van der Waals surface area contributed by atoms with Gasteiger partial charge in [-0.15, -0.1) is 0 Å². The average Bonchev–Trinajstić information content (AvgIpc) is 3.28. The van der Waals surface area contributed by atoms with Crippen LogP contribution in [0.2, 0.25) is 0 Å². The second kappa shape index (κ2) is 51.5. The maximum atomic E-state index is 12.7. The number of carbonyl (C=O) groups excluding carboxylic acids is 3. The van der Waals surface area contributed by atoms with Crippen LogP contribution in [0.15, 0.2) is 72.9 Å². The molecule has 0 radical (unpaired) electrons. The maximum Gasteiger partial charge on any atom is 0.306 e. The second-order valence-electron chi connectivity index (χ2n) is 17.4. The van der Waals surface area contributed by atoms with Crippen molar-refractivity contribution in [1.82, 2.24) is 0 Å². The van der Waals surface area contributed by atoms with Gasteiger partial charge >= 0.3 is 17.9 Å². The summed E-state index contributed by atoms with van der Waals surface area (Å²) in [6.07, 6.45) is 64.9. The van der Waals surface area contributed by atoms with Crippen LogP contribution in [-0.2, 0) is 28.6 Å². The summed E-state index contributed by atoms with van der Waals surface area (Å²) < 4.78 is 16.7. The monoisotopic (exact) mass is 879 g/mol. The van der Waals surface area contributed by atoms with Gasteiger partial charge in [0.2, 0.25) is 0 Å². The highest BCUT2D eigenvalue weighted by Gasteiger charge is 2.19. The van der Waals surface area contributed by atoms with Gasteiger partial charge in [-0.2, -0.15) is 0 Å². The Morgan fingerprint density at radius 2 is 0.619 bits per heavy atom. The van der Waals surface area contributed by atoms with Crippen LogP contribution in [0.3, 0.4) is 0 Å². The molecule has 0 N–H and O–H groups in total. The van der Waals surface area contributed by atoms with Crippen molar-refractivity contribution in [3.63, 3.8) is 0 Å². The van der Waals surface area contributed by atoms with Crippen LogP contribution < -0.4 is 0 Å². The first kappa shape index (κ1) is 59.9. The average molecular weight is 879 g/mol. The number of esters is 3. The van der Waals surface area contributed by atoms with E-state index in [2.05, 4.69) is 93.7 Å². The van der Waals surface area contributed by atoms with Crippen molar-refractivity contribution >= 4 is 17.9 Å². The summed E-state index contributed by atoms with van der Waals surface area (Å²) in [5.74, 6) is -0.904. The van der Waals surface area contributed by atoms with Crippen molar-refractivity contribution in [2.24, 2.45) is 0 Å². The van der Waals surface area contributed by atoms with Crippen LogP contribution in [0.25, 0.3) is 0 Å². The molecule has 0 aromatic heterocycles. The zero-order valence-corrected chi connectivity index (χ0v) is 41.3. The molecular weight excluding hydrogens is 781 g/mol. The molecule has 0 aromatic rings. The molecule has 0 fully saturated rings. The maximum absolute atomic E-state index is 12.7. The standard InChI is InChI=1S/C57H98O6/c1-4-7-10-13-15-17-19-21-23-25-26-27-28-29-30-32-33-35-37-39-41-44-47-50-56(59)62-53-54(52-61-55(58)49-46-43-12-9-6-3)63-57(60)51-48-45-42-40-38-36-34-31-24-22-20-18-16-14-11-8-5-2/h7,10,15-18,21-24,26-27,54H,4-6,8-9,11-14,19-20,25,28-53H2,1-3H3/b10-7-,17-15-,18-16-,23-21-,24-22-,27-26-. The lowest BCUT2D eigenvalue weighted by molar-refractivity contribution is -0.167. The Bertz CT molecular complexity index is 1190. The van der Waals surface area contributed by atoms with Gasteiger partial charge in [-0.3, -0.25) is 14.4 Å². The molecule has 63 heavy (non-hydrogen) atoms. The van der Waals surface area contributed by atoms with Gasteiger partial charge < -0.3 is 14.2 Å². The van der Waals surface area contributed by atoms with Gasteiger partial charge in [0.05, 0.1) is 0 Å². The van der Waals surface area contributed by atoms with Gasteiger partial charge in [-0.1, -0.05) is 216 Å². The normalized spacial score (nSPS) is 12.6. The van der Waals surface area contributed by atoms with E-state index in [0.29, 0.717) is 19.3 Å². The summed E-state index contributed by atoms with van der Waals surface area (Å²) >= 11 is 0. The largest absolute Gasteiger partial charge is 0.462 e. The second-order valence-corrected chi connectivity index (χ2v) is 17.4. The highest BCUT2D eigenvalue weighted by molar-refractivity contribution is 5.71. The zero-order chi connectivity index (χ0) is 45.8. The molecule has 0 amide bonds. The van der Waals surface area contributed by atoms with Crippen molar-refractivity contribution < 1.29 is 28.6 Å². The van der Waals surface area contributed by atoms with Gasteiger partial charge in [0.1, 0.15) is 13.2 Å². The molecule has 0 saturated heterocycles. The molecule has 0 aliphatic heterocycles. The highest BCUT2D eigenvalue weighted by atomic mass is 16.6. The van der Waals surface area contributed by atoms with Gasteiger partial charge in [0.15, 0.2) is 6.10 Å². The SMILES string of the molecule is CC/C=C\C/C=C\C/C=C\C/C=C\CCCCCCCCCCCCC(=O)OCC(COC(=O)CCCCCCC)OC(=O)CCCCCCCCC/C=C\C/C=C\CCCCC. The minimum atomic E-state index is -0.777. The third kappa shape index (κ3) is 49.7. The van der Waals surface area contributed by atoms with E-state index in [1.807, 2.05) is 0 Å². The predicted molar refractivity (Wildman–Crippen MR) is 270 cm³/mol. The molecule has 6 nitrogen and oxygen atoms in total. The number of unbranched alkanes of at least 4 members (excludes halogenated alkanes) is 24.